The van der Waals surface area contributed by atoms with Crippen LogP contribution in [-0.2, 0) is 0 Å². The van der Waals surface area contributed by atoms with Crippen LogP contribution in [0, 0.1) is 0 Å². The summed E-state index contributed by atoms with van der Waals surface area (Å²) in [6.45, 7) is 0. The second-order valence-electron chi connectivity index (χ2n) is 7.04. The predicted molar refractivity (Wildman–Crippen MR) is 119 cm³/mol. The topological polar surface area (TPSA) is 72.5 Å². The van der Waals surface area contributed by atoms with E-state index in [0.29, 0.717) is 17.2 Å². The van der Waals surface area contributed by atoms with Crippen LogP contribution in [0.2, 0.25) is 0 Å². The van der Waals surface area contributed by atoms with Crippen molar-refractivity contribution in [3.05, 3.63) is 48.9 Å². The van der Waals surface area contributed by atoms with E-state index >= 15 is 0 Å². The molecule has 0 aliphatic carbocycles. The van der Waals surface area contributed by atoms with E-state index in [9.17, 15) is 0 Å². The molecule has 0 saturated carbocycles. The van der Waals surface area contributed by atoms with E-state index in [1.54, 1.807) is 21.3 Å². The Morgan fingerprint density at radius 1 is 0.800 bits per heavy atom. The molecule has 0 radical (unpaired) electrons. The summed E-state index contributed by atoms with van der Waals surface area (Å²) < 4.78 is 16.4. The fraction of sp³-hybridized carbons (Fsp3) is 0.217. The maximum atomic E-state index is 5.49. The molecule has 0 aliphatic rings. The number of hydrogen-bond donors (Lipinski definition) is 1. The number of methoxy groups -OCH3 is 3. The molecule has 154 valence electrons. The average molecular weight is 404 g/mol. The molecular weight excluding hydrogens is 380 g/mol. The predicted octanol–water partition coefficient (Wildman–Crippen LogP) is 4.38. The zero-order valence-corrected chi connectivity index (χ0v) is 17.7. The SMILES string of the molecule is COc1cc(-c2cnc3[nH]cc(-c4ccc(N(C)C)nc4)c3c2)cc(OC)c1OC. The first-order valence-electron chi connectivity index (χ1n) is 9.47. The number of hydrogen-bond acceptors (Lipinski definition) is 6. The number of aromatic nitrogens is 3. The van der Waals surface area contributed by atoms with E-state index in [1.807, 2.05) is 55.8 Å². The largest absolute Gasteiger partial charge is 0.493 e. The third kappa shape index (κ3) is 3.39. The Morgan fingerprint density at radius 3 is 2.07 bits per heavy atom. The summed E-state index contributed by atoms with van der Waals surface area (Å²) in [6, 6.07) is 10.0. The van der Waals surface area contributed by atoms with E-state index in [4.69, 9.17) is 14.2 Å². The molecule has 0 fully saturated rings. The molecule has 0 amide bonds. The molecule has 7 nitrogen and oxygen atoms in total. The first-order valence-corrected chi connectivity index (χ1v) is 9.47. The number of H-pyrrole nitrogens is 1. The van der Waals surface area contributed by atoms with Crippen molar-refractivity contribution in [3.8, 4) is 39.5 Å². The molecule has 4 rings (SSSR count). The van der Waals surface area contributed by atoms with Crippen molar-refractivity contribution in [1.82, 2.24) is 15.0 Å². The van der Waals surface area contributed by atoms with E-state index < -0.39 is 0 Å². The highest BCUT2D eigenvalue weighted by Gasteiger charge is 2.16. The summed E-state index contributed by atoms with van der Waals surface area (Å²) in [4.78, 5) is 14.4. The molecule has 0 atom stereocenters. The Bertz CT molecular complexity index is 1160. The number of fused-ring (bicyclic) bond motifs is 1. The van der Waals surface area contributed by atoms with Gasteiger partial charge in [0.15, 0.2) is 11.5 Å². The average Bonchev–Trinajstić information content (AvgIpc) is 3.21. The first kappa shape index (κ1) is 19.6. The van der Waals surface area contributed by atoms with Crippen molar-refractivity contribution in [2.45, 2.75) is 0 Å². The van der Waals surface area contributed by atoms with Crippen molar-refractivity contribution in [3.63, 3.8) is 0 Å². The summed E-state index contributed by atoms with van der Waals surface area (Å²) in [5.74, 6) is 2.68. The van der Waals surface area contributed by atoms with Crippen molar-refractivity contribution < 1.29 is 14.2 Å². The number of nitrogens with zero attached hydrogens (tertiary/aromatic N) is 3. The highest BCUT2D eigenvalue weighted by Crippen LogP contribution is 2.41. The Kier molecular flexibility index (Phi) is 5.18. The van der Waals surface area contributed by atoms with Crippen LogP contribution in [-0.4, -0.2) is 50.4 Å². The van der Waals surface area contributed by atoms with Gasteiger partial charge in [0.1, 0.15) is 11.5 Å². The molecular formula is C23H24N4O3. The van der Waals surface area contributed by atoms with Crippen LogP contribution in [0.25, 0.3) is 33.3 Å². The zero-order valence-electron chi connectivity index (χ0n) is 17.7. The molecule has 1 N–H and O–H groups in total. The van der Waals surface area contributed by atoms with E-state index in [0.717, 1.165) is 39.1 Å². The molecule has 0 bridgehead atoms. The third-order valence-electron chi connectivity index (χ3n) is 5.05. The maximum Gasteiger partial charge on any atom is 0.203 e. The summed E-state index contributed by atoms with van der Waals surface area (Å²) in [5.41, 5.74) is 4.76. The molecule has 0 spiro atoms. The highest BCUT2D eigenvalue weighted by atomic mass is 16.5. The maximum absolute atomic E-state index is 5.49. The number of ether oxygens (including phenoxy) is 3. The zero-order chi connectivity index (χ0) is 21.3. The number of nitrogens with one attached hydrogen (secondary N) is 1. The van der Waals surface area contributed by atoms with Gasteiger partial charge >= 0.3 is 0 Å². The summed E-state index contributed by atoms with van der Waals surface area (Å²) in [7, 11) is 8.76. The van der Waals surface area contributed by atoms with Gasteiger partial charge in [-0.15, -0.1) is 0 Å². The molecule has 3 aromatic heterocycles. The minimum atomic E-state index is 0.562. The van der Waals surface area contributed by atoms with Gasteiger partial charge in [-0.2, -0.15) is 0 Å². The minimum absolute atomic E-state index is 0.562. The third-order valence-corrected chi connectivity index (χ3v) is 5.05. The monoisotopic (exact) mass is 404 g/mol. The van der Waals surface area contributed by atoms with E-state index in [1.165, 1.54) is 0 Å². The lowest BCUT2D eigenvalue weighted by Crippen LogP contribution is -2.09. The van der Waals surface area contributed by atoms with Gasteiger partial charge in [-0.05, 0) is 35.9 Å². The number of anilines is 1. The number of pyridine rings is 2. The van der Waals surface area contributed by atoms with Crippen LogP contribution in [0.15, 0.2) is 48.9 Å². The van der Waals surface area contributed by atoms with E-state index in [-0.39, 0.29) is 0 Å². The fourth-order valence-electron chi connectivity index (χ4n) is 3.46. The van der Waals surface area contributed by atoms with Gasteiger partial charge in [-0.1, -0.05) is 0 Å². The first-order chi connectivity index (χ1) is 14.5. The van der Waals surface area contributed by atoms with Crippen LogP contribution in [0.5, 0.6) is 17.2 Å². The van der Waals surface area contributed by atoms with Crippen LogP contribution >= 0.6 is 0 Å². The quantitative estimate of drug-likeness (QED) is 0.514. The van der Waals surface area contributed by atoms with Crippen LogP contribution < -0.4 is 19.1 Å². The molecule has 30 heavy (non-hydrogen) atoms. The lowest BCUT2D eigenvalue weighted by molar-refractivity contribution is 0.324. The number of rotatable bonds is 6. The van der Waals surface area contributed by atoms with Gasteiger partial charge in [0, 0.05) is 54.8 Å². The Hall–Kier alpha value is -3.74. The molecule has 0 saturated heterocycles. The van der Waals surface area contributed by atoms with Crippen LogP contribution in [0.3, 0.4) is 0 Å². The Balaban J connectivity index is 1.82. The van der Waals surface area contributed by atoms with Gasteiger partial charge in [0.25, 0.3) is 0 Å². The van der Waals surface area contributed by atoms with Gasteiger partial charge in [0.2, 0.25) is 5.75 Å². The van der Waals surface area contributed by atoms with Crippen molar-refractivity contribution in [2.75, 3.05) is 40.3 Å². The lowest BCUT2D eigenvalue weighted by Gasteiger charge is -2.14. The molecule has 1 aromatic carbocycles. The summed E-state index contributed by atoms with van der Waals surface area (Å²) in [6.07, 6.45) is 5.67. The minimum Gasteiger partial charge on any atom is -0.493 e. The molecule has 0 unspecified atom stereocenters. The van der Waals surface area contributed by atoms with E-state index in [2.05, 4.69) is 27.1 Å². The van der Waals surface area contributed by atoms with Gasteiger partial charge in [-0.25, -0.2) is 9.97 Å². The summed E-state index contributed by atoms with van der Waals surface area (Å²) in [5, 5.41) is 1.01. The second-order valence-corrected chi connectivity index (χ2v) is 7.04. The van der Waals surface area contributed by atoms with Gasteiger partial charge in [0.05, 0.1) is 21.3 Å². The van der Waals surface area contributed by atoms with Crippen molar-refractivity contribution in [2.24, 2.45) is 0 Å². The molecule has 4 aromatic rings. The van der Waals surface area contributed by atoms with Gasteiger partial charge < -0.3 is 24.1 Å². The number of benzene rings is 1. The molecule has 7 heteroatoms. The highest BCUT2D eigenvalue weighted by molar-refractivity contribution is 5.96. The van der Waals surface area contributed by atoms with Gasteiger partial charge in [-0.3, -0.25) is 0 Å². The smallest absolute Gasteiger partial charge is 0.203 e. The summed E-state index contributed by atoms with van der Waals surface area (Å²) >= 11 is 0. The Morgan fingerprint density at radius 2 is 1.50 bits per heavy atom. The van der Waals surface area contributed by atoms with Crippen LogP contribution in [0.4, 0.5) is 5.82 Å². The normalized spacial score (nSPS) is 10.8. The molecule has 0 aliphatic heterocycles. The molecule has 3 heterocycles. The fourth-order valence-corrected chi connectivity index (χ4v) is 3.46. The van der Waals surface area contributed by atoms with Crippen molar-refractivity contribution >= 4 is 16.9 Å². The standard InChI is InChI=1S/C23H24N4O3/c1-27(2)21-7-6-14(11-24-21)18-13-26-23-17(18)8-16(12-25-23)15-9-19(28-3)22(30-5)20(10-15)29-4/h6-13H,1-5H3,(H,25,26). The Labute approximate surface area is 175 Å². The van der Waals surface area contributed by atoms with Crippen LogP contribution in [0.1, 0.15) is 0 Å². The lowest BCUT2D eigenvalue weighted by atomic mass is 10.0. The van der Waals surface area contributed by atoms with Crippen molar-refractivity contribution in [1.29, 1.82) is 0 Å². The number of aromatic amines is 1. The second kappa shape index (κ2) is 7.94.